The van der Waals surface area contributed by atoms with Crippen molar-refractivity contribution in [3.05, 3.63) is 41.2 Å². The number of aromatic nitrogens is 2. The number of ether oxygens (including phenoxy) is 1. The molecule has 3 rings (SSSR count). The molecule has 0 bridgehead atoms. The smallest absolute Gasteiger partial charge is 0.263 e. The van der Waals surface area contributed by atoms with Gasteiger partial charge in [0.1, 0.15) is 11.3 Å². The van der Waals surface area contributed by atoms with E-state index in [-0.39, 0.29) is 5.91 Å². The second-order valence-electron chi connectivity index (χ2n) is 5.18. The largest absolute Gasteiger partial charge is 0.492 e. The molecule has 1 aromatic carbocycles. The molecular formula is C15H16ClN3O2. The standard InChI is InChI=1S/C15H16ClN3O2/c1-19-8-7-17-15(19)18-14(20)13-11(16)3-2-4-12(13)21-9-10-5-6-10/h2-4,7-8,10H,5-6,9H2,1H3,(H,17,18,20). The maximum Gasteiger partial charge on any atom is 0.263 e. The summed E-state index contributed by atoms with van der Waals surface area (Å²) < 4.78 is 7.46. The van der Waals surface area contributed by atoms with Crippen LogP contribution in [-0.2, 0) is 7.05 Å². The number of hydrogen-bond donors (Lipinski definition) is 1. The minimum absolute atomic E-state index is 0.319. The molecule has 1 aliphatic carbocycles. The average molecular weight is 306 g/mol. The molecule has 0 spiro atoms. The summed E-state index contributed by atoms with van der Waals surface area (Å²) >= 11 is 6.17. The normalized spacial score (nSPS) is 14.0. The third-order valence-electron chi connectivity index (χ3n) is 3.42. The highest BCUT2D eigenvalue weighted by Crippen LogP contribution is 2.32. The molecule has 110 valence electrons. The second kappa shape index (κ2) is 5.77. The third kappa shape index (κ3) is 3.19. The van der Waals surface area contributed by atoms with E-state index < -0.39 is 0 Å². The van der Waals surface area contributed by atoms with E-state index in [4.69, 9.17) is 16.3 Å². The fraction of sp³-hybridized carbons (Fsp3) is 0.333. The van der Waals surface area contributed by atoms with Gasteiger partial charge in [-0.15, -0.1) is 0 Å². The molecule has 1 aliphatic rings. The van der Waals surface area contributed by atoms with Gasteiger partial charge < -0.3 is 9.30 Å². The first-order chi connectivity index (χ1) is 10.1. The Bertz CT molecular complexity index is 665. The number of aryl methyl sites for hydroxylation is 1. The molecular weight excluding hydrogens is 290 g/mol. The van der Waals surface area contributed by atoms with Gasteiger partial charge in [0.05, 0.1) is 11.6 Å². The van der Waals surface area contributed by atoms with Crippen LogP contribution in [0.1, 0.15) is 23.2 Å². The zero-order chi connectivity index (χ0) is 14.8. The van der Waals surface area contributed by atoms with Crippen molar-refractivity contribution in [1.29, 1.82) is 0 Å². The van der Waals surface area contributed by atoms with Crippen LogP contribution in [0.5, 0.6) is 5.75 Å². The summed E-state index contributed by atoms with van der Waals surface area (Å²) in [4.78, 5) is 16.5. The van der Waals surface area contributed by atoms with Gasteiger partial charge >= 0.3 is 0 Å². The minimum atomic E-state index is -0.319. The van der Waals surface area contributed by atoms with Crippen molar-refractivity contribution in [2.75, 3.05) is 11.9 Å². The van der Waals surface area contributed by atoms with Crippen LogP contribution in [0.3, 0.4) is 0 Å². The zero-order valence-corrected chi connectivity index (χ0v) is 12.4. The number of carbonyl (C=O) groups is 1. The van der Waals surface area contributed by atoms with E-state index in [1.165, 1.54) is 12.8 Å². The Balaban J connectivity index is 1.81. The highest BCUT2D eigenvalue weighted by atomic mass is 35.5. The number of rotatable bonds is 5. The van der Waals surface area contributed by atoms with Crippen molar-refractivity contribution < 1.29 is 9.53 Å². The minimum Gasteiger partial charge on any atom is -0.492 e. The predicted molar refractivity (Wildman–Crippen MR) is 80.8 cm³/mol. The number of nitrogens with zero attached hydrogens (tertiary/aromatic N) is 2. The monoisotopic (exact) mass is 305 g/mol. The van der Waals surface area contributed by atoms with E-state index in [1.54, 1.807) is 42.2 Å². The maximum absolute atomic E-state index is 12.4. The number of benzene rings is 1. The van der Waals surface area contributed by atoms with Gasteiger partial charge in [0, 0.05) is 19.4 Å². The molecule has 1 heterocycles. The van der Waals surface area contributed by atoms with Crippen molar-refractivity contribution in [2.45, 2.75) is 12.8 Å². The Hall–Kier alpha value is -2.01. The first kappa shape index (κ1) is 13.9. The molecule has 0 aliphatic heterocycles. The number of anilines is 1. The molecule has 1 aromatic heterocycles. The fourth-order valence-electron chi connectivity index (χ4n) is 1.99. The Morgan fingerprint density at radius 3 is 3.00 bits per heavy atom. The van der Waals surface area contributed by atoms with E-state index in [2.05, 4.69) is 10.3 Å². The van der Waals surface area contributed by atoms with Gasteiger partial charge in [-0.1, -0.05) is 17.7 Å². The van der Waals surface area contributed by atoms with Crippen LogP contribution in [0, 0.1) is 5.92 Å². The van der Waals surface area contributed by atoms with Crippen molar-refractivity contribution in [1.82, 2.24) is 9.55 Å². The van der Waals surface area contributed by atoms with E-state index in [9.17, 15) is 4.79 Å². The first-order valence-electron chi connectivity index (χ1n) is 6.85. The van der Waals surface area contributed by atoms with Crippen LogP contribution >= 0.6 is 11.6 Å². The van der Waals surface area contributed by atoms with E-state index in [0.717, 1.165) is 0 Å². The molecule has 1 saturated carbocycles. The summed E-state index contributed by atoms with van der Waals surface area (Å²) in [7, 11) is 1.81. The summed E-state index contributed by atoms with van der Waals surface area (Å²) in [6, 6.07) is 5.22. The molecule has 1 N–H and O–H groups in total. The number of imidazole rings is 1. The molecule has 0 radical (unpaired) electrons. The fourth-order valence-corrected chi connectivity index (χ4v) is 2.24. The lowest BCUT2D eigenvalue weighted by Gasteiger charge is -2.12. The van der Waals surface area contributed by atoms with Crippen LogP contribution in [0.4, 0.5) is 5.95 Å². The lowest BCUT2D eigenvalue weighted by Crippen LogP contribution is -2.17. The Labute approximate surface area is 127 Å². The molecule has 1 fully saturated rings. The van der Waals surface area contributed by atoms with Crippen molar-refractivity contribution in [2.24, 2.45) is 13.0 Å². The lowest BCUT2D eigenvalue weighted by atomic mass is 10.2. The topological polar surface area (TPSA) is 56.2 Å². The van der Waals surface area contributed by atoms with Gasteiger partial charge in [-0.25, -0.2) is 4.98 Å². The van der Waals surface area contributed by atoms with E-state index in [0.29, 0.717) is 34.8 Å². The van der Waals surface area contributed by atoms with Crippen LogP contribution in [0.15, 0.2) is 30.6 Å². The molecule has 0 saturated heterocycles. The van der Waals surface area contributed by atoms with E-state index in [1.807, 2.05) is 0 Å². The molecule has 0 unspecified atom stereocenters. The van der Waals surface area contributed by atoms with Gasteiger partial charge in [0.2, 0.25) is 5.95 Å². The maximum atomic E-state index is 12.4. The molecule has 21 heavy (non-hydrogen) atoms. The number of nitrogens with one attached hydrogen (secondary N) is 1. The van der Waals surface area contributed by atoms with Crippen molar-refractivity contribution >= 4 is 23.5 Å². The SMILES string of the molecule is Cn1ccnc1NC(=O)c1c(Cl)cccc1OCC1CC1. The molecule has 1 amide bonds. The first-order valence-corrected chi connectivity index (χ1v) is 7.23. The second-order valence-corrected chi connectivity index (χ2v) is 5.59. The molecule has 6 heteroatoms. The van der Waals surface area contributed by atoms with Gasteiger partial charge in [0.15, 0.2) is 0 Å². The quantitative estimate of drug-likeness (QED) is 0.923. The molecule has 0 atom stereocenters. The Kier molecular flexibility index (Phi) is 3.84. The number of amides is 1. The van der Waals surface area contributed by atoms with Gasteiger partial charge in [-0.3, -0.25) is 10.1 Å². The Morgan fingerprint density at radius 1 is 1.52 bits per heavy atom. The summed E-state index contributed by atoms with van der Waals surface area (Å²) in [5, 5.41) is 3.11. The van der Waals surface area contributed by atoms with Crippen LogP contribution < -0.4 is 10.1 Å². The predicted octanol–water partition coefficient (Wildman–Crippen LogP) is 3.11. The number of carbonyl (C=O) groups excluding carboxylic acids is 1. The van der Waals surface area contributed by atoms with Crippen molar-refractivity contribution in [3.63, 3.8) is 0 Å². The summed E-state index contributed by atoms with van der Waals surface area (Å²) in [6.07, 6.45) is 5.75. The summed E-state index contributed by atoms with van der Waals surface area (Å²) in [6.45, 7) is 0.628. The van der Waals surface area contributed by atoms with Crippen LogP contribution in [0.2, 0.25) is 5.02 Å². The van der Waals surface area contributed by atoms with Crippen LogP contribution in [-0.4, -0.2) is 22.1 Å². The lowest BCUT2D eigenvalue weighted by molar-refractivity contribution is 0.102. The summed E-state index contributed by atoms with van der Waals surface area (Å²) in [5.41, 5.74) is 0.350. The van der Waals surface area contributed by atoms with Crippen molar-refractivity contribution in [3.8, 4) is 5.75 Å². The van der Waals surface area contributed by atoms with Crippen LogP contribution in [0.25, 0.3) is 0 Å². The van der Waals surface area contributed by atoms with Gasteiger partial charge in [0.25, 0.3) is 5.91 Å². The Morgan fingerprint density at radius 2 is 2.33 bits per heavy atom. The zero-order valence-electron chi connectivity index (χ0n) is 11.7. The number of halogens is 1. The van der Waals surface area contributed by atoms with E-state index >= 15 is 0 Å². The van der Waals surface area contributed by atoms with Gasteiger partial charge in [-0.2, -0.15) is 0 Å². The highest BCUT2D eigenvalue weighted by molar-refractivity contribution is 6.34. The molecule has 5 nitrogen and oxygen atoms in total. The third-order valence-corrected chi connectivity index (χ3v) is 3.74. The number of hydrogen-bond acceptors (Lipinski definition) is 3. The highest BCUT2D eigenvalue weighted by Gasteiger charge is 2.24. The molecule has 2 aromatic rings. The van der Waals surface area contributed by atoms with Gasteiger partial charge in [-0.05, 0) is 30.9 Å². The average Bonchev–Trinajstić information content (AvgIpc) is 3.20. The summed E-state index contributed by atoms with van der Waals surface area (Å²) in [5.74, 6) is 1.27.